The molecule has 9 heteroatoms. The number of rotatable bonds is 6. The molecule has 0 radical (unpaired) electrons. The van der Waals surface area contributed by atoms with E-state index in [9.17, 15) is 14.7 Å². The third kappa shape index (κ3) is 6.07. The van der Waals surface area contributed by atoms with Gasteiger partial charge in [0, 0.05) is 40.8 Å². The van der Waals surface area contributed by atoms with E-state index in [1.54, 1.807) is 31.2 Å². The van der Waals surface area contributed by atoms with Crippen LogP contribution >= 0.6 is 23.4 Å². The highest BCUT2D eigenvalue weighted by Gasteiger charge is 2.33. The van der Waals surface area contributed by atoms with Crippen LogP contribution in [-0.2, 0) is 20.9 Å². The zero-order valence-corrected chi connectivity index (χ0v) is 23.3. The molecule has 39 heavy (non-hydrogen) atoms. The summed E-state index contributed by atoms with van der Waals surface area (Å²) in [4.78, 5) is 33.0. The summed E-state index contributed by atoms with van der Waals surface area (Å²) in [6.45, 7) is 3.74. The fourth-order valence-electron chi connectivity index (χ4n) is 4.85. The number of fused-ring (bicyclic) bond motifs is 1. The molecular formula is C30H30ClN3O4S. The third-order valence-electron chi connectivity index (χ3n) is 6.80. The highest BCUT2D eigenvalue weighted by molar-refractivity contribution is 8.18. The predicted octanol–water partition coefficient (Wildman–Crippen LogP) is 6.89. The van der Waals surface area contributed by atoms with Crippen LogP contribution in [0.3, 0.4) is 0 Å². The number of aliphatic hydroxyl groups is 1. The molecule has 2 aliphatic heterocycles. The molecule has 1 N–H and O–H groups in total. The summed E-state index contributed by atoms with van der Waals surface area (Å²) in [5.41, 5.74) is 2.39. The van der Waals surface area contributed by atoms with Gasteiger partial charge in [-0.2, -0.15) is 0 Å². The molecule has 0 unspecified atom stereocenters. The topological polar surface area (TPSA) is 84.1 Å². The molecule has 3 heterocycles. The lowest BCUT2D eigenvalue weighted by Crippen LogP contribution is -2.34. The van der Waals surface area contributed by atoms with Crippen LogP contribution in [0, 0.1) is 0 Å². The van der Waals surface area contributed by atoms with Gasteiger partial charge in [0.2, 0.25) is 5.91 Å². The molecule has 1 fully saturated rings. The van der Waals surface area contributed by atoms with Gasteiger partial charge in [-0.3, -0.25) is 4.79 Å². The van der Waals surface area contributed by atoms with Crippen molar-refractivity contribution in [1.82, 2.24) is 9.47 Å². The monoisotopic (exact) mass is 563 g/mol. The van der Waals surface area contributed by atoms with Crippen LogP contribution in [0.4, 0.5) is 5.69 Å². The van der Waals surface area contributed by atoms with E-state index in [1.807, 2.05) is 46.0 Å². The number of hydrogen-bond donors (Lipinski definition) is 1. The first-order valence-corrected chi connectivity index (χ1v) is 14.3. The molecule has 0 spiro atoms. The molecule has 1 saturated heterocycles. The van der Waals surface area contributed by atoms with Crippen molar-refractivity contribution in [2.24, 2.45) is 4.99 Å². The SMILES string of the molecule is CCOC(=O)C1=C(O)/C(=C/c2cn(CC(=O)N3CCCCCC3)c3ccccc23)SC1=Nc1ccc(Cl)cc1. The molecule has 1 aromatic heterocycles. The largest absolute Gasteiger partial charge is 0.506 e. The Labute approximate surface area is 236 Å². The number of aliphatic imine (C=N–C) groups is 1. The summed E-state index contributed by atoms with van der Waals surface area (Å²) >= 11 is 7.21. The maximum Gasteiger partial charge on any atom is 0.344 e. The van der Waals surface area contributed by atoms with Gasteiger partial charge in [0.15, 0.2) is 0 Å². The van der Waals surface area contributed by atoms with E-state index >= 15 is 0 Å². The number of nitrogens with zero attached hydrogens (tertiary/aromatic N) is 3. The van der Waals surface area contributed by atoms with Crippen molar-refractivity contribution in [3.05, 3.63) is 81.6 Å². The van der Waals surface area contributed by atoms with E-state index in [0.29, 0.717) is 20.7 Å². The summed E-state index contributed by atoms with van der Waals surface area (Å²) < 4.78 is 7.18. The van der Waals surface area contributed by atoms with E-state index in [-0.39, 0.29) is 30.4 Å². The molecule has 0 saturated carbocycles. The normalized spacial score (nSPS) is 18.3. The lowest BCUT2D eigenvalue weighted by molar-refractivity contribution is -0.138. The van der Waals surface area contributed by atoms with Crippen molar-refractivity contribution >= 4 is 62.9 Å². The van der Waals surface area contributed by atoms with Crippen LogP contribution in [0.5, 0.6) is 0 Å². The summed E-state index contributed by atoms with van der Waals surface area (Å²) in [5.74, 6) is -0.704. The minimum absolute atomic E-state index is 0.0307. The molecule has 3 aromatic rings. The summed E-state index contributed by atoms with van der Waals surface area (Å²) in [5, 5.41) is 13.0. The Morgan fingerprint density at radius 3 is 2.51 bits per heavy atom. The van der Waals surface area contributed by atoms with E-state index in [0.717, 1.165) is 42.4 Å². The van der Waals surface area contributed by atoms with E-state index in [1.165, 1.54) is 24.6 Å². The van der Waals surface area contributed by atoms with Gasteiger partial charge in [0.1, 0.15) is 22.9 Å². The van der Waals surface area contributed by atoms with E-state index in [4.69, 9.17) is 16.3 Å². The molecule has 202 valence electrons. The van der Waals surface area contributed by atoms with Gasteiger partial charge in [-0.25, -0.2) is 9.79 Å². The Morgan fingerprint density at radius 2 is 1.79 bits per heavy atom. The standard InChI is InChI=1S/C30H30ClN3O4S/c1-2-38-30(37)27-28(36)25(39-29(27)32-22-13-11-21(31)12-14-22)17-20-18-34(24-10-6-5-9-23(20)24)19-26(35)33-15-7-3-4-8-16-33/h5-6,9-14,17-18,36H,2-4,7-8,15-16,19H2,1H3/b25-17-,32-29?. The van der Waals surface area contributed by atoms with Crippen LogP contribution in [0.25, 0.3) is 17.0 Å². The second kappa shape index (κ2) is 12.1. The smallest absolute Gasteiger partial charge is 0.344 e. The maximum absolute atomic E-state index is 13.1. The van der Waals surface area contributed by atoms with Gasteiger partial charge in [0.05, 0.1) is 17.2 Å². The number of ether oxygens (including phenoxy) is 1. The fraction of sp³-hybridized carbons (Fsp3) is 0.300. The molecule has 5 rings (SSSR count). The number of amides is 1. The number of hydrogen-bond acceptors (Lipinski definition) is 6. The molecule has 0 aliphatic carbocycles. The molecule has 0 bridgehead atoms. The molecular weight excluding hydrogens is 534 g/mol. The number of carbonyl (C=O) groups excluding carboxylic acids is 2. The van der Waals surface area contributed by atoms with E-state index in [2.05, 4.69) is 4.99 Å². The lowest BCUT2D eigenvalue weighted by Gasteiger charge is -2.20. The third-order valence-corrected chi connectivity index (χ3v) is 8.07. The van der Waals surface area contributed by atoms with Crippen LogP contribution in [0.2, 0.25) is 5.02 Å². The van der Waals surface area contributed by atoms with Crippen molar-refractivity contribution < 1.29 is 19.4 Å². The zero-order chi connectivity index (χ0) is 27.4. The number of esters is 1. The molecule has 1 amide bonds. The summed E-state index contributed by atoms with van der Waals surface area (Å²) in [6, 6.07) is 14.8. The zero-order valence-electron chi connectivity index (χ0n) is 21.7. The van der Waals surface area contributed by atoms with Gasteiger partial charge in [-0.05, 0) is 56.2 Å². The average Bonchev–Trinajstić information content (AvgIpc) is 3.26. The minimum Gasteiger partial charge on any atom is -0.506 e. The average molecular weight is 564 g/mol. The van der Waals surface area contributed by atoms with Gasteiger partial charge in [0.25, 0.3) is 0 Å². The molecule has 7 nitrogen and oxygen atoms in total. The van der Waals surface area contributed by atoms with Crippen molar-refractivity contribution in [2.75, 3.05) is 19.7 Å². The van der Waals surface area contributed by atoms with Crippen LogP contribution < -0.4 is 0 Å². The van der Waals surface area contributed by atoms with Crippen molar-refractivity contribution in [2.45, 2.75) is 39.2 Å². The number of likely N-dealkylation sites (tertiary alicyclic amines) is 1. The van der Waals surface area contributed by atoms with Gasteiger partial charge >= 0.3 is 5.97 Å². The van der Waals surface area contributed by atoms with Crippen LogP contribution in [-0.4, -0.2) is 51.2 Å². The Balaban J connectivity index is 1.50. The summed E-state index contributed by atoms with van der Waals surface area (Å²) in [7, 11) is 0. The Hall–Kier alpha value is -3.49. The van der Waals surface area contributed by atoms with E-state index < -0.39 is 5.97 Å². The number of aliphatic hydroxyl groups excluding tert-OH is 1. The molecule has 2 aliphatic rings. The fourth-order valence-corrected chi connectivity index (χ4v) is 6.00. The Morgan fingerprint density at radius 1 is 1.08 bits per heavy atom. The first kappa shape index (κ1) is 27.1. The van der Waals surface area contributed by atoms with Crippen molar-refractivity contribution in [3.63, 3.8) is 0 Å². The highest BCUT2D eigenvalue weighted by Crippen LogP contribution is 2.41. The number of benzene rings is 2. The lowest BCUT2D eigenvalue weighted by atomic mass is 10.1. The Bertz CT molecular complexity index is 1480. The number of thioether (sulfide) groups is 1. The quantitative estimate of drug-likeness (QED) is 0.330. The van der Waals surface area contributed by atoms with Crippen molar-refractivity contribution in [3.8, 4) is 0 Å². The van der Waals surface area contributed by atoms with Gasteiger partial charge in [-0.1, -0.05) is 54.4 Å². The number of halogens is 1. The Kier molecular flexibility index (Phi) is 8.43. The minimum atomic E-state index is -0.635. The first-order chi connectivity index (χ1) is 18.9. The second-order valence-electron chi connectivity index (χ2n) is 9.47. The second-order valence-corrected chi connectivity index (χ2v) is 10.9. The number of aromatic nitrogens is 1. The highest BCUT2D eigenvalue weighted by atomic mass is 35.5. The van der Waals surface area contributed by atoms with Crippen LogP contribution in [0.1, 0.15) is 38.2 Å². The predicted molar refractivity (Wildman–Crippen MR) is 157 cm³/mol. The number of para-hydroxylation sites is 1. The first-order valence-electron chi connectivity index (χ1n) is 13.1. The summed E-state index contributed by atoms with van der Waals surface area (Å²) in [6.07, 6.45) is 8.18. The number of carbonyl (C=O) groups is 2. The van der Waals surface area contributed by atoms with Crippen molar-refractivity contribution in [1.29, 1.82) is 0 Å². The van der Waals surface area contributed by atoms with Gasteiger partial charge < -0.3 is 19.3 Å². The molecule has 0 atom stereocenters. The van der Waals surface area contributed by atoms with Crippen LogP contribution in [0.15, 0.2) is 76.0 Å². The van der Waals surface area contributed by atoms with Gasteiger partial charge in [-0.15, -0.1) is 0 Å². The molecule has 2 aromatic carbocycles. The maximum atomic E-state index is 13.1.